The van der Waals surface area contributed by atoms with Crippen LogP contribution < -0.4 is 11.1 Å². The number of hydrogen-bond acceptors (Lipinski definition) is 3. The smallest absolute Gasteiger partial charge is 0.225 e. The number of carbonyl (C=O) groups is 1. The van der Waals surface area contributed by atoms with Gasteiger partial charge < -0.3 is 11.1 Å². The third-order valence-corrected chi connectivity index (χ3v) is 4.63. The molecule has 3 N–H and O–H groups in total. The average Bonchev–Trinajstić information content (AvgIpc) is 2.72. The van der Waals surface area contributed by atoms with E-state index < -0.39 is 0 Å². The lowest BCUT2D eigenvalue weighted by Crippen LogP contribution is -2.49. The Morgan fingerprint density at radius 2 is 2.12 bits per heavy atom. The lowest BCUT2D eigenvalue weighted by molar-refractivity contribution is -0.120. The van der Waals surface area contributed by atoms with E-state index in [-0.39, 0.29) is 11.4 Å². The summed E-state index contributed by atoms with van der Waals surface area (Å²) in [4.78, 5) is 12.8. The van der Waals surface area contributed by atoms with E-state index in [9.17, 15) is 4.79 Å². The third-order valence-electron chi connectivity index (χ3n) is 3.01. The predicted octanol–water partition coefficient (Wildman–Crippen LogP) is 2.69. The van der Waals surface area contributed by atoms with Crippen molar-refractivity contribution < 1.29 is 4.79 Å². The molecular weight excluding hydrogens is 300 g/mol. The molecule has 0 saturated heterocycles. The van der Waals surface area contributed by atoms with Crippen molar-refractivity contribution in [2.75, 3.05) is 6.54 Å². The van der Waals surface area contributed by atoms with Gasteiger partial charge in [-0.3, -0.25) is 4.79 Å². The highest BCUT2D eigenvalue weighted by molar-refractivity contribution is 9.11. The van der Waals surface area contributed by atoms with Crippen molar-refractivity contribution in [3.8, 4) is 0 Å². The number of halogens is 1. The average molecular weight is 319 g/mol. The Hall–Kier alpha value is -0.390. The first-order valence-corrected chi connectivity index (χ1v) is 7.40. The minimum atomic E-state index is -0.272. The van der Waals surface area contributed by atoms with Gasteiger partial charge in [0, 0.05) is 17.0 Å². The van der Waals surface area contributed by atoms with Crippen molar-refractivity contribution in [2.24, 2.45) is 5.73 Å². The molecule has 0 atom stereocenters. The van der Waals surface area contributed by atoms with Gasteiger partial charge in [0.2, 0.25) is 5.91 Å². The maximum Gasteiger partial charge on any atom is 0.225 e. The predicted molar refractivity (Wildman–Crippen MR) is 76.2 cm³/mol. The van der Waals surface area contributed by atoms with Crippen molar-refractivity contribution in [2.45, 2.75) is 38.6 Å². The second-order valence-corrected chi connectivity index (χ2v) is 6.78. The Morgan fingerprint density at radius 3 is 2.59 bits per heavy atom. The fraction of sp³-hybridized carbons (Fsp3) is 0.583. The van der Waals surface area contributed by atoms with E-state index in [2.05, 4.69) is 21.2 Å². The van der Waals surface area contributed by atoms with Crippen molar-refractivity contribution in [3.63, 3.8) is 0 Å². The number of amides is 1. The third kappa shape index (κ3) is 4.77. The highest BCUT2D eigenvalue weighted by atomic mass is 79.9. The Labute approximate surface area is 115 Å². The second-order valence-electron chi connectivity index (χ2n) is 4.23. The number of carbonyl (C=O) groups excluding carboxylic acids is 1. The quantitative estimate of drug-likeness (QED) is 0.847. The van der Waals surface area contributed by atoms with Gasteiger partial charge in [0.25, 0.3) is 0 Å². The molecule has 0 saturated carbocycles. The molecular formula is C12H19BrN2OS. The highest BCUT2D eigenvalue weighted by Gasteiger charge is 2.20. The van der Waals surface area contributed by atoms with Crippen LogP contribution in [-0.4, -0.2) is 18.0 Å². The molecule has 1 aromatic heterocycles. The van der Waals surface area contributed by atoms with Gasteiger partial charge in [0.1, 0.15) is 0 Å². The van der Waals surface area contributed by atoms with Gasteiger partial charge in [-0.25, -0.2) is 0 Å². The summed E-state index contributed by atoms with van der Waals surface area (Å²) in [5.41, 5.74) is 5.85. The molecule has 1 heterocycles. The number of rotatable bonds is 6. The van der Waals surface area contributed by atoms with Gasteiger partial charge in [-0.15, -0.1) is 11.3 Å². The van der Waals surface area contributed by atoms with E-state index in [1.807, 2.05) is 26.0 Å². The van der Waals surface area contributed by atoms with Crippen LogP contribution in [0.15, 0.2) is 15.9 Å². The van der Waals surface area contributed by atoms with Gasteiger partial charge in [-0.05, 0) is 40.9 Å². The zero-order chi connectivity index (χ0) is 12.9. The fourth-order valence-electron chi connectivity index (χ4n) is 1.44. The van der Waals surface area contributed by atoms with E-state index in [1.54, 1.807) is 11.3 Å². The molecule has 5 heteroatoms. The second kappa shape index (κ2) is 6.52. The van der Waals surface area contributed by atoms with E-state index in [0.717, 1.165) is 21.5 Å². The highest BCUT2D eigenvalue weighted by Crippen LogP contribution is 2.22. The summed E-state index contributed by atoms with van der Waals surface area (Å²) >= 11 is 4.97. The van der Waals surface area contributed by atoms with Crippen LogP contribution in [0.25, 0.3) is 0 Å². The van der Waals surface area contributed by atoms with E-state index in [0.29, 0.717) is 13.0 Å². The van der Waals surface area contributed by atoms with E-state index in [1.165, 1.54) is 0 Å². The van der Waals surface area contributed by atoms with Crippen molar-refractivity contribution in [3.05, 3.63) is 20.8 Å². The first kappa shape index (κ1) is 14.7. The van der Waals surface area contributed by atoms with Gasteiger partial charge in [0.05, 0.1) is 10.2 Å². The summed E-state index contributed by atoms with van der Waals surface area (Å²) < 4.78 is 1.05. The largest absolute Gasteiger partial charge is 0.354 e. The molecule has 0 spiro atoms. The maximum absolute atomic E-state index is 11.7. The van der Waals surface area contributed by atoms with Gasteiger partial charge in [-0.1, -0.05) is 13.8 Å². The molecule has 0 fully saturated rings. The van der Waals surface area contributed by atoms with Crippen molar-refractivity contribution in [1.29, 1.82) is 0 Å². The summed E-state index contributed by atoms with van der Waals surface area (Å²) in [5, 5.41) is 2.91. The van der Waals surface area contributed by atoms with Crippen LogP contribution in [0.5, 0.6) is 0 Å². The zero-order valence-electron chi connectivity index (χ0n) is 10.3. The van der Waals surface area contributed by atoms with Crippen LogP contribution in [-0.2, 0) is 11.2 Å². The van der Waals surface area contributed by atoms with Crippen LogP contribution >= 0.6 is 27.3 Å². The Kier molecular flexibility index (Phi) is 5.62. The van der Waals surface area contributed by atoms with Crippen LogP contribution in [0.4, 0.5) is 0 Å². The molecule has 0 aromatic carbocycles. The first-order valence-electron chi connectivity index (χ1n) is 5.79. The minimum absolute atomic E-state index is 0.0380. The summed E-state index contributed by atoms with van der Waals surface area (Å²) in [6.07, 6.45) is 2.17. The van der Waals surface area contributed by atoms with Crippen LogP contribution in [0, 0.1) is 0 Å². The molecule has 0 bridgehead atoms. The number of thiophene rings is 1. The van der Waals surface area contributed by atoms with E-state index in [4.69, 9.17) is 5.73 Å². The number of hydrogen-bond donors (Lipinski definition) is 2. The first-order chi connectivity index (χ1) is 7.99. The number of nitrogens with two attached hydrogens (primary N) is 1. The summed E-state index contributed by atoms with van der Waals surface area (Å²) in [7, 11) is 0. The molecule has 0 unspecified atom stereocenters. The SMILES string of the molecule is CCC(N)(CC)CNC(=O)Cc1ccc(Br)s1. The minimum Gasteiger partial charge on any atom is -0.354 e. The molecule has 1 rings (SSSR count). The molecule has 3 nitrogen and oxygen atoms in total. The zero-order valence-corrected chi connectivity index (χ0v) is 12.7. The molecule has 0 aliphatic rings. The Morgan fingerprint density at radius 1 is 1.47 bits per heavy atom. The molecule has 1 aromatic rings. The fourth-order valence-corrected chi connectivity index (χ4v) is 2.92. The van der Waals surface area contributed by atoms with Crippen LogP contribution in [0.2, 0.25) is 0 Å². The van der Waals surface area contributed by atoms with Crippen LogP contribution in [0.1, 0.15) is 31.6 Å². The van der Waals surface area contributed by atoms with Gasteiger partial charge in [-0.2, -0.15) is 0 Å². The van der Waals surface area contributed by atoms with Crippen LogP contribution in [0.3, 0.4) is 0 Å². The summed E-state index contributed by atoms with van der Waals surface area (Å²) in [5.74, 6) is 0.0380. The molecule has 96 valence electrons. The van der Waals surface area contributed by atoms with Crippen molar-refractivity contribution in [1.82, 2.24) is 5.32 Å². The van der Waals surface area contributed by atoms with E-state index >= 15 is 0 Å². The summed E-state index contributed by atoms with van der Waals surface area (Å²) in [6.45, 7) is 4.64. The van der Waals surface area contributed by atoms with Crippen molar-refractivity contribution >= 4 is 33.2 Å². The topological polar surface area (TPSA) is 55.1 Å². The monoisotopic (exact) mass is 318 g/mol. The molecule has 17 heavy (non-hydrogen) atoms. The molecule has 0 radical (unpaired) electrons. The number of nitrogens with one attached hydrogen (secondary N) is 1. The van der Waals surface area contributed by atoms with Gasteiger partial charge in [0.15, 0.2) is 0 Å². The van der Waals surface area contributed by atoms with Gasteiger partial charge >= 0.3 is 0 Å². The maximum atomic E-state index is 11.7. The lowest BCUT2D eigenvalue weighted by Gasteiger charge is -2.26. The Balaban J connectivity index is 2.40. The normalized spacial score (nSPS) is 11.5. The molecule has 1 amide bonds. The summed E-state index contributed by atoms with van der Waals surface area (Å²) in [6, 6.07) is 3.92. The molecule has 0 aliphatic carbocycles. The molecule has 0 aliphatic heterocycles. The lowest BCUT2D eigenvalue weighted by atomic mass is 9.94. The standard InChI is InChI=1S/C12H19BrN2OS/c1-3-12(14,4-2)8-15-11(16)7-9-5-6-10(13)17-9/h5-6H,3-4,7-8,14H2,1-2H3,(H,15,16). The Bertz CT molecular complexity index is 374.